The van der Waals surface area contributed by atoms with Crippen LogP contribution in [0.3, 0.4) is 0 Å². The van der Waals surface area contributed by atoms with Crippen LogP contribution in [0.1, 0.15) is 178 Å². The summed E-state index contributed by atoms with van der Waals surface area (Å²) in [6, 6.07) is -15.3. The highest BCUT2D eigenvalue weighted by Gasteiger charge is 2.60. The SMILES string of the molecule is CCCCCCCC[C@H]1NC(=O)[C@@H](CC(C)C)NC(=O)[C@H]([C@@H](C)O)NC(=O)[C@@H](CC(C)C)NC(=O)[C@@H](CC(N)=O)NC(=O)[C@H](CC(N)=O)NC(=O)[C@H](C)NC(=O)[C@H]([C@@H](C)O)NC(=O)[C@H](CCCN2C=C3C(=O)[C@@](C)(OC(=O)CCC)C(=O)C(Cl)=C3[C@@H](O)[C@]23CCCO3)NC1=O. The number of aliphatic hydroxyl groups is 3. The van der Waals surface area contributed by atoms with Crippen molar-refractivity contribution in [2.24, 2.45) is 23.3 Å². The molecule has 0 radical (unpaired) electrons. The molecule has 0 aromatic rings. The number of ketones is 2. The first-order valence-corrected chi connectivity index (χ1v) is 33.1. The molecule has 16 N–H and O–H groups in total. The third kappa shape index (κ3) is 22.0. The quantitative estimate of drug-likeness (QED) is 0.0292. The number of fused-ring (bicyclic) bond motifs is 1. The Bertz CT molecular complexity index is 2910. The number of ether oxygens (including phenoxy) is 2. The van der Waals surface area contributed by atoms with E-state index in [9.17, 15) is 77.6 Å². The maximum atomic E-state index is 15.0. The number of unbranched alkanes of at least 4 members (excludes halogenated alkanes) is 5. The zero-order valence-electron chi connectivity index (χ0n) is 55.9. The van der Waals surface area contributed by atoms with Crippen LogP contribution >= 0.6 is 11.6 Å². The minimum Gasteiger partial charge on any atom is -0.442 e. The zero-order valence-corrected chi connectivity index (χ0v) is 56.7. The molecule has 0 aromatic carbocycles. The van der Waals surface area contributed by atoms with Crippen LogP contribution in [0.25, 0.3) is 0 Å². The second kappa shape index (κ2) is 36.5. The predicted octanol–water partition coefficient (Wildman–Crippen LogP) is -1.67. The van der Waals surface area contributed by atoms with Gasteiger partial charge in [0.2, 0.25) is 82.1 Å². The van der Waals surface area contributed by atoms with Gasteiger partial charge in [0.05, 0.1) is 30.1 Å². The highest BCUT2D eigenvalue weighted by atomic mass is 35.5. The molecule has 0 unspecified atom stereocenters. The molecule has 14 atom stereocenters. The molecule has 1 aliphatic carbocycles. The Morgan fingerprint density at radius 3 is 1.52 bits per heavy atom. The lowest BCUT2D eigenvalue weighted by Crippen LogP contribution is -2.62. The average Bonchev–Trinajstić information content (AvgIpc) is 1.65. The van der Waals surface area contributed by atoms with Crippen LogP contribution in [0.2, 0.25) is 0 Å². The molecule has 11 amide bonds. The van der Waals surface area contributed by atoms with Crippen molar-refractivity contribution in [1.82, 2.24) is 52.8 Å². The zero-order chi connectivity index (χ0) is 71.4. The Hall–Kier alpha value is -7.61. The summed E-state index contributed by atoms with van der Waals surface area (Å²) in [6.07, 6.45) is -1.28. The van der Waals surface area contributed by atoms with Crippen LogP contribution in [-0.4, -0.2) is 200 Å². The van der Waals surface area contributed by atoms with Gasteiger partial charge in [-0.05, 0) is 84.5 Å². The summed E-state index contributed by atoms with van der Waals surface area (Å²) in [5.74, 6) is -15.8. The largest absolute Gasteiger partial charge is 0.442 e. The van der Waals surface area contributed by atoms with Crippen LogP contribution < -0.4 is 59.3 Å². The molecule has 4 rings (SSSR count). The van der Waals surface area contributed by atoms with Gasteiger partial charge in [-0.3, -0.25) is 67.1 Å². The Morgan fingerprint density at radius 2 is 1.03 bits per heavy atom. The highest BCUT2D eigenvalue weighted by molar-refractivity contribution is 6.49. The molecule has 3 aliphatic heterocycles. The average molecular weight is 1360 g/mol. The molecule has 31 nitrogen and oxygen atoms in total. The molecule has 95 heavy (non-hydrogen) atoms. The van der Waals surface area contributed by atoms with Crippen molar-refractivity contribution in [2.45, 2.75) is 262 Å². The molecule has 0 saturated carbocycles. The van der Waals surface area contributed by atoms with Gasteiger partial charge in [0, 0.05) is 43.3 Å². The number of amides is 11. The fourth-order valence-corrected chi connectivity index (χ4v) is 12.0. The first-order chi connectivity index (χ1) is 44.5. The van der Waals surface area contributed by atoms with E-state index in [1.54, 1.807) is 34.6 Å². The van der Waals surface area contributed by atoms with Gasteiger partial charge in [0.1, 0.15) is 60.5 Å². The molecule has 0 bridgehead atoms. The molecule has 532 valence electrons. The number of nitrogens with zero attached hydrogens (tertiary/aromatic N) is 1. The Kier molecular flexibility index (Phi) is 30.7. The Balaban J connectivity index is 1.89. The number of hydrogen-bond donors (Lipinski definition) is 14. The van der Waals surface area contributed by atoms with E-state index in [2.05, 4.69) is 47.9 Å². The first-order valence-electron chi connectivity index (χ1n) is 32.7. The number of nitrogens with two attached hydrogens (primary N) is 2. The minimum absolute atomic E-state index is 0.0310. The number of nitrogens with one attached hydrogen (secondary N) is 9. The number of rotatable bonds is 24. The fourth-order valence-electron chi connectivity index (χ4n) is 11.6. The molecule has 4 aliphatic rings. The van der Waals surface area contributed by atoms with E-state index >= 15 is 4.79 Å². The summed E-state index contributed by atoms with van der Waals surface area (Å²) >= 11 is 6.67. The number of hydrogen-bond acceptors (Lipinski definition) is 20. The van der Waals surface area contributed by atoms with Crippen LogP contribution in [0.15, 0.2) is 22.4 Å². The van der Waals surface area contributed by atoms with Crippen molar-refractivity contribution < 1.29 is 91.9 Å². The van der Waals surface area contributed by atoms with E-state index in [-0.39, 0.29) is 81.1 Å². The van der Waals surface area contributed by atoms with Gasteiger partial charge >= 0.3 is 5.97 Å². The smallest absolute Gasteiger partial charge is 0.307 e. The highest BCUT2D eigenvalue weighted by Crippen LogP contribution is 2.48. The standard InChI is InChI=1S/C63H99ClN12O19/c1-11-13-14-15-16-17-21-37-54(86)68-38(22-18-24-76-30-36-46(51(83)63(76)23-19-25-94-63)47(64)52(84)62(10,50(36)82)95-45(81)20-12-2)55(87)74-48(34(8)77)60(92)67-33(7)53(85)70-41(28-43(65)79)57(89)72-42(29-44(66)80)58(90)71-40(27-32(5)6)59(91)75-49(35(9)78)61(93)73-39(26-31(3)4)56(88)69-37/h30-35,37-42,48-49,51,77-78,83H,11-29H2,1-10H3,(H2,65,79)(H2,66,80)(H,67,92)(H,68,86)(H,69,88)(H,70,85)(H,71,90)(H,72,89)(H,73,93)(H,74,87)(H,75,91)/t33-,34+,35+,37+,38-,39+,40+,41-,42+,48-,49-,51+,62+,63+/m0/s1. The number of carbonyl (C=O) groups is 14. The van der Waals surface area contributed by atoms with Crippen molar-refractivity contribution in [3.63, 3.8) is 0 Å². The second-order valence-electron chi connectivity index (χ2n) is 25.9. The number of esters is 1. The maximum absolute atomic E-state index is 15.0. The Morgan fingerprint density at radius 1 is 0.600 bits per heavy atom. The maximum Gasteiger partial charge on any atom is 0.307 e. The van der Waals surface area contributed by atoms with E-state index in [4.69, 9.17) is 32.5 Å². The summed E-state index contributed by atoms with van der Waals surface area (Å²) < 4.78 is 11.7. The van der Waals surface area contributed by atoms with Crippen molar-refractivity contribution in [2.75, 3.05) is 13.2 Å². The molecule has 3 heterocycles. The summed E-state index contributed by atoms with van der Waals surface area (Å²) in [5.41, 5.74) is 6.34. The molecular weight excluding hydrogens is 1260 g/mol. The number of primary amides is 2. The van der Waals surface area contributed by atoms with E-state index < -0.39 is 184 Å². The summed E-state index contributed by atoms with van der Waals surface area (Å²) in [5, 5.41) is 55.9. The van der Waals surface area contributed by atoms with Crippen molar-refractivity contribution in [3.05, 3.63) is 22.4 Å². The third-order valence-corrected chi connectivity index (χ3v) is 17.1. The van der Waals surface area contributed by atoms with Crippen LogP contribution in [0.4, 0.5) is 0 Å². The molecular formula is C63H99ClN12O19. The fraction of sp³-hybridized carbons (Fsp3) is 0.714. The molecule has 2 fully saturated rings. The van der Waals surface area contributed by atoms with Crippen LogP contribution in [-0.2, 0) is 76.6 Å². The first kappa shape index (κ1) is 79.8. The normalized spacial score (nSPS) is 28.9. The molecule has 32 heteroatoms. The van der Waals surface area contributed by atoms with Crippen molar-refractivity contribution in [3.8, 4) is 0 Å². The lowest BCUT2D eigenvalue weighted by molar-refractivity contribution is -0.174. The van der Waals surface area contributed by atoms with Gasteiger partial charge in [-0.25, -0.2) is 0 Å². The van der Waals surface area contributed by atoms with Gasteiger partial charge in [0.25, 0.3) is 0 Å². The monoisotopic (exact) mass is 1360 g/mol. The molecule has 0 aromatic heterocycles. The lowest BCUT2D eigenvalue weighted by atomic mass is 9.74. The third-order valence-electron chi connectivity index (χ3n) is 16.8. The number of carbonyl (C=O) groups excluding carboxylic acids is 14. The summed E-state index contributed by atoms with van der Waals surface area (Å²) in [7, 11) is 0. The van der Waals surface area contributed by atoms with Gasteiger partial charge in [-0.1, -0.05) is 91.7 Å². The number of aliphatic hydroxyl groups excluding tert-OH is 3. The molecule has 2 saturated heterocycles. The van der Waals surface area contributed by atoms with Crippen molar-refractivity contribution in [1.29, 1.82) is 0 Å². The lowest BCUT2D eigenvalue weighted by Gasteiger charge is -2.49. The van der Waals surface area contributed by atoms with Gasteiger partial charge in [-0.15, -0.1) is 0 Å². The number of Topliss-reactive ketones (excluding diaryl/α,β-unsaturated/α-hetero) is 2. The van der Waals surface area contributed by atoms with Gasteiger partial charge < -0.3 is 89.0 Å². The number of halogens is 1. The van der Waals surface area contributed by atoms with Gasteiger partial charge in [0.15, 0.2) is 5.72 Å². The van der Waals surface area contributed by atoms with E-state index in [1.807, 2.05) is 6.92 Å². The van der Waals surface area contributed by atoms with Crippen LogP contribution in [0, 0.1) is 11.8 Å². The summed E-state index contributed by atoms with van der Waals surface area (Å²) in [6.45, 7) is 15.0. The summed E-state index contributed by atoms with van der Waals surface area (Å²) in [4.78, 5) is 196. The molecule has 1 spiro atoms. The van der Waals surface area contributed by atoms with Gasteiger partial charge in [-0.2, -0.15) is 0 Å². The van der Waals surface area contributed by atoms with Crippen LogP contribution in [0.5, 0.6) is 0 Å². The van der Waals surface area contributed by atoms with E-state index in [0.717, 1.165) is 46.5 Å². The van der Waals surface area contributed by atoms with E-state index in [1.165, 1.54) is 18.0 Å². The predicted molar refractivity (Wildman–Crippen MR) is 341 cm³/mol. The minimum atomic E-state index is -2.42. The van der Waals surface area contributed by atoms with Crippen molar-refractivity contribution >= 4 is 94.1 Å². The Labute approximate surface area is 558 Å². The second-order valence-corrected chi connectivity index (χ2v) is 26.3. The van der Waals surface area contributed by atoms with E-state index in [0.29, 0.717) is 25.7 Å². The topological polar surface area (TPSA) is 482 Å².